The van der Waals surface area contributed by atoms with E-state index < -0.39 is 0 Å². The summed E-state index contributed by atoms with van der Waals surface area (Å²) in [6.45, 7) is 1.39. The first kappa shape index (κ1) is 14.5. The van der Waals surface area contributed by atoms with Crippen LogP contribution in [0.15, 0.2) is 33.8 Å². The van der Waals surface area contributed by atoms with Crippen LogP contribution in [0.1, 0.15) is 24.7 Å². The molecule has 24 heavy (non-hydrogen) atoms. The Morgan fingerprint density at radius 2 is 2.17 bits per heavy atom. The number of furan rings is 1. The SMILES string of the molecule is O=C(Cn1ncnn1)N1CCC(c2nnc(-c3ccoc3)o2)CC1. The predicted molar refractivity (Wildman–Crippen MR) is 78.4 cm³/mol. The molecule has 0 saturated carbocycles. The average Bonchev–Trinajstić information content (AvgIpc) is 3.36. The third kappa shape index (κ3) is 2.90. The second kappa shape index (κ2) is 6.22. The van der Waals surface area contributed by atoms with Crippen LogP contribution in [0.4, 0.5) is 0 Å². The zero-order chi connectivity index (χ0) is 16.4. The van der Waals surface area contributed by atoms with E-state index in [0.717, 1.165) is 18.4 Å². The van der Waals surface area contributed by atoms with Gasteiger partial charge in [0.25, 0.3) is 5.89 Å². The van der Waals surface area contributed by atoms with Crippen LogP contribution in [-0.4, -0.2) is 54.3 Å². The molecule has 0 bridgehead atoms. The lowest BCUT2D eigenvalue weighted by Gasteiger charge is -2.30. The molecule has 4 heterocycles. The molecule has 0 spiro atoms. The highest BCUT2D eigenvalue weighted by Gasteiger charge is 2.27. The van der Waals surface area contributed by atoms with Crippen molar-refractivity contribution in [2.45, 2.75) is 25.3 Å². The topological polar surface area (TPSA) is 116 Å². The van der Waals surface area contributed by atoms with Crippen molar-refractivity contribution in [2.24, 2.45) is 0 Å². The Kier molecular flexibility index (Phi) is 3.77. The third-order valence-electron chi connectivity index (χ3n) is 4.07. The molecule has 0 atom stereocenters. The van der Waals surface area contributed by atoms with Gasteiger partial charge in [0.15, 0.2) is 6.33 Å². The summed E-state index contributed by atoms with van der Waals surface area (Å²) in [6.07, 6.45) is 6.00. The Bertz CT molecular complexity index is 788. The highest BCUT2D eigenvalue weighted by Crippen LogP contribution is 2.29. The fourth-order valence-corrected chi connectivity index (χ4v) is 2.76. The number of hydrogen-bond acceptors (Lipinski definition) is 8. The van der Waals surface area contributed by atoms with Crippen molar-refractivity contribution in [3.8, 4) is 11.5 Å². The molecule has 3 aromatic rings. The summed E-state index contributed by atoms with van der Waals surface area (Å²) < 4.78 is 10.7. The molecule has 0 N–H and O–H groups in total. The van der Waals surface area contributed by atoms with Crippen LogP contribution in [-0.2, 0) is 11.3 Å². The number of hydrogen-bond donors (Lipinski definition) is 0. The molecule has 124 valence electrons. The van der Waals surface area contributed by atoms with Crippen LogP contribution in [0.2, 0.25) is 0 Å². The Morgan fingerprint density at radius 3 is 2.88 bits per heavy atom. The van der Waals surface area contributed by atoms with E-state index in [4.69, 9.17) is 8.83 Å². The van der Waals surface area contributed by atoms with Gasteiger partial charge in [-0.25, -0.2) is 0 Å². The molecule has 0 aromatic carbocycles. The summed E-state index contributed by atoms with van der Waals surface area (Å²) in [7, 11) is 0. The number of piperidine rings is 1. The van der Waals surface area contributed by atoms with Crippen LogP contribution < -0.4 is 0 Å². The Hall–Kier alpha value is -3.04. The summed E-state index contributed by atoms with van der Waals surface area (Å²) in [4.78, 5) is 15.3. The van der Waals surface area contributed by atoms with E-state index in [1.165, 1.54) is 11.1 Å². The van der Waals surface area contributed by atoms with Gasteiger partial charge in [0.2, 0.25) is 11.8 Å². The first-order chi connectivity index (χ1) is 11.8. The smallest absolute Gasteiger partial charge is 0.250 e. The highest BCUT2D eigenvalue weighted by molar-refractivity contribution is 5.75. The van der Waals surface area contributed by atoms with Crippen molar-refractivity contribution in [2.75, 3.05) is 13.1 Å². The van der Waals surface area contributed by atoms with Gasteiger partial charge in [0, 0.05) is 19.0 Å². The zero-order valence-electron chi connectivity index (χ0n) is 12.8. The van der Waals surface area contributed by atoms with Crippen molar-refractivity contribution >= 4 is 5.91 Å². The number of rotatable bonds is 4. The molecule has 1 saturated heterocycles. The molecule has 4 rings (SSSR count). The van der Waals surface area contributed by atoms with E-state index in [1.807, 2.05) is 0 Å². The fraction of sp³-hybridized carbons (Fsp3) is 0.429. The molecule has 0 aliphatic carbocycles. The molecule has 1 aliphatic heterocycles. The molecule has 3 aromatic heterocycles. The van der Waals surface area contributed by atoms with Gasteiger partial charge in [-0.1, -0.05) is 0 Å². The number of tetrazole rings is 1. The van der Waals surface area contributed by atoms with Crippen molar-refractivity contribution in [1.82, 2.24) is 35.3 Å². The predicted octanol–water partition coefficient (Wildman–Crippen LogP) is 0.722. The number of amides is 1. The lowest BCUT2D eigenvalue weighted by molar-refractivity contribution is -0.133. The van der Waals surface area contributed by atoms with E-state index in [0.29, 0.717) is 24.9 Å². The van der Waals surface area contributed by atoms with E-state index in [2.05, 4.69) is 25.6 Å². The number of carbonyl (C=O) groups is 1. The highest BCUT2D eigenvalue weighted by atomic mass is 16.4. The second-order valence-electron chi connectivity index (χ2n) is 5.58. The first-order valence-electron chi connectivity index (χ1n) is 7.64. The molecule has 0 radical (unpaired) electrons. The maximum atomic E-state index is 12.2. The lowest BCUT2D eigenvalue weighted by Crippen LogP contribution is -2.40. The number of carbonyl (C=O) groups excluding carboxylic acids is 1. The van der Waals surface area contributed by atoms with Crippen LogP contribution in [0, 0.1) is 0 Å². The standard InChI is InChI=1S/C14H15N7O3/c22-12(7-21-16-9-15-19-21)20-4-1-10(2-5-20)13-17-18-14(24-13)11-3-6-23-8-11/h3,6,8-10H,1-2,4-5,7H2. The van der Waals surface area contributed by atoms with Gasteiger partial charge in [0.05, 0.1) is 11.8 Å². The van der Waals surface area contributed by atoms with E-state index in [9.17, 15) is 4.79 Å². The van der Waals surface area contributed by atoms with Gasteiger partial charge in [-0.15, -0.1) is 20.4 Å². The average molecular weight is 329 g/mol. The van der Waals surface area contributed by atoms with Gasteiger partial charge < -0.3 is 13.7 Å². The van der Waals surface area contributed by atoms with Crippen LogP contribution in [0.5, 0.6) is 0 Å². The molecule has 10 heteroatoms. The monoisotopic (exact) mass is 329 g/mol. The summed E-state index contributed by atoms with van der Waals surface area (Å²) >= 11 is 0. The van der Waals surface area contributed by atoms with Gasteiger partial charge in [-0.3, -0.25) is 4.79 Å². The van der Waals surface area contributed by atoms with Crippen molar-refractivity contribution < 1.29 is 13.6 Å². The van der Waals surface area contributed by atoms with Crippen LogP contribution in [0.25, 0.3) is 11.5 Å². The summed E-state index contributed by atoms with van der Waals surface area (Å²) in [5.41, 5.74) is 0.765. The number of likely N-dealkylation sites (tertiary alicyclic amines) is 1. The maximum Gasteiger partial charge on any atom is 0.250 e. The van der Waals surface area contributed by atoms with Crippen molar-refractivity contribution in [1.29, 1.82) is 0 Å². The molecule has 1 aliphatic rings. The Labute approximate surface area is 136 Å². The molecular weight excluding hydrogens is 314 g/mol. The second-order valence-corrected chi connectivity index (χ2v) is 5.58. The quantitative estimate of drug-likeness (QED) is 0.687. The third-order valence-corrected chi connectivity index (χ3v) is 4.07. The molecule has 1 fully saturated rings. The Morgan fingerprint density at radius 1 is 1.29 bits per heavy atom. The number of nitrogens with zero attached hydrogens (tertiary/aromatic N) is 7. The van der Waals surface area contributed by atoms with Gasteiger partial charge >= 0.3 is 0 Å². The van der Waals surface area contributed by atoms with E-state index in [-0.39, 0.29) is 18.4 Å². The van der Waals surface area contributed by atoms with E-state index >= 15 is 0 Å². The van der Waals surface area contributed by atoms with Gasteiger partial charge in [-0.05, 0) is 24.1 Å². The summed E-state index contributed by atoms with van der Waals surface area (Å²) in [5.74, 6) is 1.20. The van der Waals surface area contributed by atoms with Crippen LogP contribution in [0.3, 0.4) is 0 Å². The largest absolute Gasteiger partial charge is 0.472 e. The van der Waals surface area contributed by atoms with E-state index in [1.54, 1.807) is 23.5 Å². The first-order valence-corrected chi connectivity index (χ1v) is 7.64. The number of aromatic nitrogens is 6. The van der Waals surface area contributed by atoms with Gasteiger partial charge in [0.1, 0.15) is 12.8 Å². The normalized spacial score (nSPS) is 15.8. The zero-order valence-corrected chi connectivity index (χ0v) is 12.8. The molecule has 0 unspecified atom stereocenters. The van der Waals surface area contributed by atoms with Crippen molar-refractivity contribution in [3.63, 3.8) is 0 Å². The maximum absolute atomic E-state index is 12.2. The lowest BCUT2D eigenvalue weighted by atomic mass is 9.97. The van der Waals surface area contributed by atoms with Crippen LogP contribution >= 0.6 is 0 Å². The minimum absolute atomic E-state index is 0.0175. The summed E-state index contributed by atoms with van der Waals surface area (Å²) in [5, 5.41) is 19.3. The minimum Gasteiger partial charge on any atom is -0.472 e. The Balaban J connectivity index is 1.35. The minimum atomic E-state index is -0.0175. The fourth-order valence-electron chi connectivity index (χ4n) is 2.76. The molecule has 1 amide bonds. The molecular formula is C14H15N7O3. The van der Waals surface area contributed by atoms with Crippen molar-refractivity contribution in [3.05, 3.63) is 30.8 Å². The summed E-state index contributed by atoms with van der Waals surface area (Å²) in [6, 6.07) is 1.77. The molecule has 10 nitrogen and oxygen atoms in total. The van der Waals surface area contributed by atoms with Gasteiger partial charge in [-0.2, -0.15) is 4.80 Å².